The number of piperidine rings is 1. The second kappa shape index (κ2) is 6.22. The van der Waals surface area contributed by atoms with E-state index in [0.29, 0.717) is 12.1 Å². The van der Waals surface area contributed by atoms with Crippen LogP contribution >= 0.6 is 11.3 Å². The van der Waals surface area contributed by atoms with Gasteiger partial charge >= 0.3 is 0 Å². The van der Waals surface area contributed by atoms with Gasteiger partial charge < -0.3 is 10.2 Å². The van der Waals surface area contributed by atoms with Crippen molar-refractivity contribution >= 4 is 17.2 Å². The number of halogens is 1. The molecule has 1 atom stereocenters. The van der Waals surface area contributed by atoms with Gasteiger partial charge in [-0.25, -0.2) is 9.37 Å². The fourth-order valence-corrected chi connectivity index (χ4v) is 4.34. The van der Waals surface area contributed by atoms with E-state index in [-0.39, 0.29) is 17.4 Å². The molecule has 2 aromatic rings. The molecule has 7 heteroatoms. The van der Waals surface area contributed by atoms with Crippen LogP contribution in [0.3, 0.4) is 0 Å². The van der Waals surface area contributed by atoms with Gasteiger partial charge in [0.2, 0.25) is 0 Å². The summed E-state index contributed by atoms with van der Waals surface area (Å²) in [4.78, 5) is 23.0. The normalized spacial score (nSPS) is 21.6. The molecule has 126 valence electrons. The molecule has 2 aromatic heterocycles. The van der Waals surface area contributed by atoms with Crippen molar-refractivity contribution in [1.29, 1.82) is 0 Å². The van der Waals surface area contributed by atoms with Crippen LogP contribution in [-0.4, -0.2) is 39.9 Å². The Labute approximate surface area is 143 Å². The van der Waals surface area contributed by atoms with E-state index in [9.17, 15) is 9.18 Å². The largest absolute Gasteiger partial charge is 0.328 e. The lowest BCUT2D eigenvalue weighted by Crippen LogP contribution is -2.39. The van der Waals surface area contributed by atoms with E-state index < -0.39 is 5.82 Å². The molecule has 1 amide bonds. The summed E-state index contributed by atoms with van der Waals surface area (Å²) < 4.78 is 13.5. The molecule has 2 aliphatic rings. The molecule has 0 bridgehead atoms. The molecular formula is C17H19FN4OS. The number of rotatable bonds is 4. The van der Waals surface area contributed by atoms with Gasteiger partial charge in [0.1, 0.15) is 10.8 Å². The minimum Gasteiger partial charge on any atom is -0.328 e. The maximum absolute atomic E-state index is 13.5. The van der Waals surface area contributed by atoms with Gasteiger partial charge in [0.05, 0.1) is 18.3 Å². The first-order chi connectivity index (χ1) is 11.7. The zero-order chi connectivity index (χ0) is 16.6. The third-order valence-corrected chi connectivity index (χ3v) is 5.89. The van der Waals surface area contributed by atoms with Crippen LogP contribution in [0.2, 0.25) is 0 Å². The van der Waals surface area contributed by atoms with E-state index in [1.807, 2.05) is 10.3 Å². The highest BCUT2D eigenvalue weighted by Gasteiger charge is 2.57. The Balaban J connectivity index is 1.60. The molecular weight excluding hydrogens is 327 g/mol. The monoisotopic (exact) mass is 346 g/mol. The molecule has 0 unspecified atom stereocenters. The fraction of sp³-hybridized carbons (Fsp3) is 0.471. The van der Waals surface area contributed by atoms with Crippen molar-refractivity contribution in [3.8, 4) is 0 Å². The maximum atomic E-state index is 13.5. The average molecular weight is 346 g/mol. The van der Waals surface area contributed by atoms with Gasteiger partial charge in [0, 0.05) is 23.8 Å². The first-order valence-electron chi connectivity index (χ1n) is 8.19. The van der Waals surface area contributed by atoms with Crippen molar-refractivity contribution in [1.82, 2.24) is 20.2 Å². The van der Waals surface area contributed by atoms with Crippen molar-refractivity contribution in [3.05, 3.63) is 46.4 Å². The van der Waals surface area contributed by atoms with Crippen LogP contribution in [0.1, 0.15) is 34.6 Å². The number of aromatic nitrogens is 2. The molecule has 3 heterocycles. The number of thiazole rings is 1. The van der Waals surface area contributed by atoms with Crippen molar-refractivity contribution in [2.24, 2.45) is 5.41 Å². The second-order valence-electron chi connectivity index (χ2n) is 6.58. The fourth-order valence-electron chi connectivity index (χ4n) is 3.72. The van der Waals surface area contributed by atoms with Gasteiger partial charge in [-0.2, -0.15) is 0 Å². The van der Waals surface area contributed by atoms with E-state index in [2.05, 4.69) is 15.3 Å². The highest BCUT2D eigenvalue weighted by Crippen LogP contribution is 2.56. The topological polar surface area (TPSA) is 58.1 Å². The Morgan fingerprint density at radius 3 is 2.96 bits per heavy atom. The van der Waals surface area contributed by atoms with E-state index in [4.69, 9.17) is 0 Å². The summed E-state index contributed by atoms with van der Waals surface area (Å²) in [6.45, 7) is 2.47. The number of pyridine rings is 1. The summed E-state index contributed by atoms with van der Waals surface area (Å²) in [6.07, 6.45) is 7.50. The van der Waals surface area contributed by atoms with Crippen molar-refractivity contribution in [2.45, 2.75) is 31.8 Å². The zero-order valence-corrected chi connectivity index (χ0v) is 14.1. The molecule has 1 saturated carbocycles. The third kappa shape index (κ3) is 2.93. The molecule has 5 nitrogen and oxygen atoms in total. The Bertz CT molecular complexity index is 730. The van der Waals surface area contributed by atoms with Crippen LogP contribution in [0.25, 0.3) is 0 Å². The molecule has 1 aliphatic carbocycles. The smallest absolute Gasteiger partial charge is 0.256 e. The number of nitrogens with zero attached hydrogens (tertiary/aromatic N) is 3. The highest BCUT2D eigenvalue weighted by molar-refractivity contribution is 7.09. The number of carbonyl (C=O) groups is 1. The molecule has 24 heavy (non-hydrogen) atoms. The van der Waals surface area contributed by atoms with E-state index in [0.717, 1.165) is 43.6 Å². The summed E-state index contributed by atoms with van der Waals surface area (Å²) in [6, 6.07) is 1.47. The van der Waals surface area contributed by atoms with Crippen molar-refractivity contribution in [2.75, 3.05) is 13.1 Å². The Morgan fingerprint density at radius 2 is 2.25 bits per heavy atom. The number of amides is 1. The van der Waals surface area contributed by atoms with Crippen molar-refractivity contribution < 1.29 is 9.18 Å². The van der Waals surface area contributed by atoms with Gasteiger partial charge in [-0.15, -0.1) is 11.3 Å². The van der Waals surface area contributed by atoms with Crippen LogP contribution < -0.4 is 5.32 Å². The van der Waals surface area contributed by atoms with Crippen molar-refractivity contribution in [3.63, 3.8) is 0 Å². The first kappa shape index (κ1) is 15.7. The summed E-state index contributed by atoms with van der Waals surface area (Å²) in [7, 11) is 0. The minimum absolute atomic E-state index is 0.155. The van der Waals surface area contributed by atoms with Crippen LogP contribution in [0, 0.1) is 11.2 Å². The van der Waals surface area contributed by atoms with E-state index in [1.165, 1.54) is 12.3 Å². The quantitative estimate of drug-likeness (QED) is 0.924. The predicted molar refractivity (Wildman–Crippen MR) is 89.1 cm³/mol. The van der Waals surface area contributed by atoms with E-state index >= 15 is 0 Å². The number of hydrogen-bond donors (Lipinski definition) is 1. The molecule has 0 radical (unpaired) electrons. The van der Waals surface area contributed by atoms with Crippen LogP contribution in [-0.2, 0) is 6.54 Å². The molecule has 1 aliphatic heterocycles. The number of carbonyl (C=O) groups excluding carboxylic acids is 1. The lowest BCUT2D eigenvalue weighted by Gasteiger charge is -2.29. The number of nitrogens with one attached hydrogen (secondary N) is 1. The Morgan fingerprint density at radius 1 is 1.42 bits per heavy atom. The van der Waals surface area contributed by atoms with Gasteiger partial charge in [-0.05, 0) is 43.8 Å². The standard InChI is InChI=1S/C17H19FN4OS/c18-13-7-12(9-20-10-13)16(23)22(11-15-21-5-6-24-15)14-8-17(14)1-3-19-4-2-17/h5-7,9-10,14,19H,1-4,8,11H2/t14-/m1/s1. The maximum Gasteiger partial charge on any atom is 0.256 e. The molecule has 2 fully saturated rings. The average Bonchev–Trinajstić information content (AvgIpc) is 3.04. The van der Waals surface area contributed by atoms with Gasteiger partial charge in [-0.3, -0.25) is 9.78 Å². The Kier molecular flexibility index (Phi) is 4.05. The molecule has 4 rings (SSSR count). The van der Waals surface area contributed by atoms with Gasteiger partial charge in [0.25, 0.3) is 5.91 Å². The number of hydrogen-bond acceptors (Lipinski definition) is 5. The highest BCUT2D eigenvalue weighted by atomic mass is 32.1. The first-order valence-corrected chi connectivity index (χ1v) is 9.07. The van der Waals surface area contributed by atoms with E-state index in [1.54, 1.807) is 17.5 Å². The Hall–Kier alpha value is -1.86. The molecule has 1 saturated heterocycles. The zero-order valence-electron chi connectivity index (χ0n) is 13.2. The predicted octanol–water partition coefficient (Wildman–Crippen LogP) is 2.46. The summed E-state index contributed by atoms with van der Waals surface area (Å²) in [5.74, 6) is -0.639. The molecule has 0 aromatic carbocycles. The SMILES string of the molecule is O=C(c1cncc(F)c1)N(Cc1nccs1)[C@@H]1CC12CCNCC2. The van der Waals surface area contributed by atoms with Gasteiger partial charge in [0.15, 0.2) is 0 Å². The minimum atomic E-state index is -0.484. The second-order valence-corrected chi connectivity index (χ2v) is 7.56. The third-order valence-electron chi connectivity index (χ3n) is 5.12. The van der Waals surface area contributed by atoms with Crippen LogP contribution in [0.5, 0.6) is 0 Å². The summed E-state index contributed by atoms with van der Waals surface area (Å²) in [5, 5.41) is 6.20. The lowest BCUT2D eigenvalue weighted by atomic mass is 9.93. The molecule has 1 spiro atoms. The van der Waals surface area contributed by atoms with Gasteiger partial charge in [-0.1, -0.05) is 0 Å². The lowest BCUT2D eigenvalue weighted by molar-refractivity contribution is 0.0691. The summed E-state index contributed by atoms with van der Waals surface area (Å²) >= 11 is 1.54. The van der Waals surface area contributed by atoms with Crippen LogP contribution in [0.4, 0.5) is 4.39 Å². The molecule has 1 N–H and O–H groups in total. The summed E-state index contributed by atoms with van der Waals surface area (Å²) in [5.41, 5.74) is 0.529. The van der Waals surface area contributed by atoms with Crippen LogP contribution in [0.15, 0.2) is 30.0 Å².